The van der Waals surface area contributed by atoms with Crippen LogP contribution in [-0.2, 0) is 17.8 Å². The number of nitrogens with one attached hydrogen (secondary N) is 1. The van der Waals surface area contributed by atoms with Gasteiger partial charge in [0.25, 0.3) is 5.91 Å². The van der Waals surface area contributed by atoms with Gasteiger partial charge in [0.1, 0.15) is 6.17 Å². The molecule has 3 aromatic rings. The monoisotopic (exact) mass is 483 g/mol. The number of piperazine rings is 1. The number of likely N-dealkylation sites (N-methyl/N-ethyl adjacent to an activating group) is 1. The highest BCUT2D eigenvalue weighted by Crippen LogP contribution is 2.24. The molecule has 8 heteroatoms. The standard InChI is InChI=1S/C28H33N7O/c1-20-31-32-28(27(29)36)35(20)26-11-5-22(6-12-26)17-21-3-7-23(8-4-21)24-9-10-25(30-18-24)19-34-15-13-33(2)14-16-34/h3-12,18,20,31H,13-17,19H2,1-2H3,(H2,29,36). The predicted molar refractivity (Wildman–Crippen MR) is 143 cm³/mol. The molecule has 8 nitrogen and oxygen atoms in total. The van der Waals surface area contributed by atoms with Gasteiger partial charge in [-0.25, -0.2) is 0 Å². The fraction of sp³-hybridized carbons (Fsp3) is 0.321. The third kappa shape index (κ3) is 5.40. The van der Waals surface area contributed by atoms with Crippen LogP contribution in [0.1, 0.15) is 23.7 Å². The number of hydrogen-bond acceptors (Lipinski definition) is 7. The molecule has 1 fully saturated rings. The van der Waals surface area contributed by atoms with Crippen LogP contribution in [0.2, 0.25) is 0 Å². The minimum atomic E-state index is -0.545. The van der Waals surface area contributed by atoms with Crippen molar-refractivity contribution in [3.63, 3.8) is 0 Å². The van der Waals surface area contributed by atoms with Gasteiger partial charge in [0, 0.05) is 50.2 Å². The first-order valence-corrected chi connectivity index (χ1v) is 12.4. The summed E-state index contributed by atoms with van der Waals surface area (Å²) >= 11 is 0. The molecule has 1 amide bonds. The molecular weight excluding hydrogens is 450 g/mol. The molecule has 1 aromatic heterocycles. The molecule has 36 heavy (non-hydrogen) atoms. The van der Waals surface area contributed by atoms with Crippen molar-refractivity contribution in [1.82, 2.24) is 20.2 Å². The minimum Gasteiger partial charge on any atom is -0.363 e. The van der Waals surface area contributed by atoms with Crippen molar-refractivity contribution in [3.8, 4) is 11.1 Å². The summed E-state index contributed by atoms with van der Waals surface area (Å²) in [6.45, 7) is 7.29. The maximum absolute atomic E-state index is 11.7. The first-order chi connectivity index (χ1) is 17.5. The van der Waals surface area contributed by atoms with E-state index in [4.69, 9.17) is 10.7 Å². The summed E-state index contributed by atoms with van der Waals surface area (Å²) in [7, 11) is 2.18. The number of pyridine rings is 1. The molecule has 5 rings (SSSR count). The molecule has 0 aliphatic carbocycles. The third-order valence-corrected chi connectivity index (χ3v) is 6.91. The molecule has 2 aromatic carbocycles. The predicted octanol–water partition coefficient (Wildman–Crippen LogP) is 2.64. The van der Waals surface area contributed by atoms with E-state index in [1.54, 1.807) is 0 Å². The van der Waals surface area contributed by atoms with Crippen LogP contribution in [0.25, 0.3) is 11.1 Å². The largest absolute Gasteiger partial charge is 0.363 e. The van der Waals surface area contributed by atoms with E-state index in [2.05, 4.69) is 75.9 Å². The Balaban J connectivity index is 1.19. The molecule has 0 spiro atoms. The van der Waals surface area contributed by atoms with Crippen LogP contribution in [-0.4, -0.2) is 65.9 Å². The van der Waals surface area contributed by atoms with Gasteiger partial charge in [-0.05, 0) is 55.3 Å². The number of nitrogens with zero attached hydrogens (tertiary/aromatic N) is 5. The van der Waals surface area contributed by atoms with E-state index >= 15 is 0 Å². The Kier molecular flexibility index (Phi) is 6.97. The SMILES string of the molecule is CC1NN=C(C(N)=O)N1c1ccc(Cc2ccc(-c3ccc(CN4CCN(C)CC4)nc3)cc2)cc1. The minimum absolute atomic E-state index is 0.124. The van der Waals surface area contributed by atoms with E-state index in [0.29, 0.717) is 0 Å². The second kappa shape index (κ2) is 10.5. The quantitative estimate of drug-likeness (QED) is 0.537. The fourth-order valence-corrected chi connectivity index (χ4v) is 4.72. The molecule has 2 aliphatic heterocycles. The zero-order valence-electron chi connectivity index (χ0n) is 20.9. The first-order valence-electron chi connectivity index (χ1n) is 12.4. The van der Waals surface area contributed by atoms with Gasteiger partial charge in [-0.15, -0.1) is 0 Å². The fourth-order valence-electron chi connectivity index (χ4n) is 4.72. The summed E-state index contributed by atoms with van der Waals surface area (Å²) in [5.41, 5.74) is 15.1. The van der Waals surface area contributed by atoms with Crippen LogP contribution < -0.4 is 16.1 Å². The Morgan fingerprint density at radius 1 is 0.944 bits per heavy atom. The van der Waals surface area contributed by atoms with Crippen LogP contribution >= 0.6 is 0 Å². The van der Waals surface area contributed by atoms with E-state index in [-0.39, 0.29) is 12.0 Å². The molecule has 0 radical (unpaired) electrons. The van der Waals surface area contributed by atoms with E-state index in [0.717, 1.165) is 56.1 Å². The van der Waals surface area contributed by atoms with Crippen molar-refractivity contribution in [2.45, 2.75) is 26.1 Å². The van der Waals surface area contributed by atoms with Crippen LogP contribution in [0.4, 0.5) is 5.69 Å². The Hall–Kier alpha value is -3.75. The lowest BCUT2D eigenvalue weighted by atomic mass is 10.0. The summed E-state index contributed by atoms with van der Waals surface area (Å²) < 4.78 is 0. The molecule has 3 N–H and O–H groups in total. The third-order valence-electron chi connectivity index (χ3n) is 6.91. The van der Waals surface area contributed by atoms with E-state index in [1.807, 2.05) is 30.2 Å². The van der Waals surface area contributed by atoms with Crippen molar-refractivity contribution in [2.24, 2.45) is 10.8 Å². The second-order valence-electron chi connectivity index (χ2n) is 9.63. The number of anilines is 1. The normalized spacial score (nSPS) is 18.7. The summed E-state index contributed by atoms with van der Waals surface area (Å²) in [6.07, 6.45) is 2.69. The molecule has 0 bridgehead atoms. The number of hydrogen-bond donors (Lipinski definition) is 2. The van der Waals surface area contributed by atoms with Gasteiger partial charge in [-0.1, -0.05) is 42.5 Å². The smallest absolute Gasteiger partial charge is 0.286 e. The molecule has 2 aliphatic rings. The number of rotatable bonds is 7. The zero-order chi connectivity index (χ0) is 25.1. The van der Waals surface area contributed by atoms with E-state index < -0.39 is 5.91 Å². The Bertz CT molecular complexity index is 1210. The number of carbonyl (C=O) groups is 1. The summed E-state index contributed by atoms with van der Waals surface area (Å²) in [4.78, 5) is 23.0. The Morgan fingerprint density at radius 3 is 2.19 bits per heavy atom. The number of aromatic nitrogens is 1. The van der Waals surface area contributed by atoms with Crippen molar-refractivity contribution < 1.29 is 4.79 Å². The highest BCUT2D eigenvalue weighted by molar-refractivity contribution is 6.43. The highest BCUT2D eigenvalue weighted by atomic mass is 16.1. The first kappa shape index (κ1) is 24.0. The van der Waals surface area contributed by atoms with Gasteiger partial charge in [0.2, 0.25) is 5.84 Å². The van der Waals surface area contributed by atoms with E-state index in [9.17, 15) is 4.79 Å². The molecule has 186 valence electrons. The number of hydrazone groups is 1. The lowest BCUT2D eigenvalue weighted by Gasteiger charge is -2.32. The molecule has 0 saturated carbocycles. The van der Waals surface area contributed by atoms with Crippen molar-refractivity contribution in [2.75, 3.05) is 38.1 Å². The molecule has 3 heterocycles. The summed E-state index contributed by atoms with van der Waals surface area (Å²) in [5.74, 6) is -0.316. The van der Waals surface area contributed by atoms with Crippen LogP contribution in [0.3, 0.4) is 0 Å². The number of carbonyl (C=O) groups excluding carboxylic acids is 1. The van der Waals surface area contributed by atoms with Crippen LogP contribution in [0, 0.1) is 0 Å². The van der Waals surface area contributed by atoms with Crippen molar-refractivity contribution >= 4 is 17.4 Å². The van der Waals surface area contributed by atoms with Crippen molar-refractivity contribution in [3.05, 3.63) is 83.7 Å². The molecule has 1 atom stereocenters. The van der Waals surface area contributed by atoms with Crippen molar-refractivity contribution in [1.29, 1.82) is 0 Å². The molecule has 1 unspecified atom stereocenters. The number of primary amides is 1. The van der Waals surface area contributed by atoms with Crippen LogP contribution in [0.15, 0.2) is 72.0 Å². The van der Waals surface area contributed by atoms with Gasteiger partial charge in [0.15, 0.2) is 0 Å². The topological polar surface area (TPSA) is 90.1 Å². The molecule has 1 saturated heterocycles. The number of amidine groups is 1. The number of nitrogens with two attached hydrogens (primary N) is 1. The average Bonchev–Trinajstić information content (AvgIpc) is 3.29. The zero-order valence-corrected chi connectivity index (χ0v) is 20.9. The highest BCUT2D eigenvalue weighted by Gasteiger charge is 2.29. The summed E-state index contributed by atoms with van der Waals surface area (Å²) in [6, 6.07) is 21.1. The average molecular weight is 484 g/mol. The van der Waals surface area contributed by atoms with Gasteiger partial charge < -0.3 is 10.6 Å². The maximum atomic E-state index is 11.7. The van der Waals surface area contributed by atoms with Gasteiger partial charge in [0.05, 0.1) is 5.69 Å². The van der Waals surface area contributed by atoms with E-state index in [1.165, 1.54) is 16.7 Å². The van der Waals surface area contributed by atoms with Crippen LogP contribution in [0.5, 0.6) is 0 Å². The maximum Gasteiger partial charge on any atom is 0.286 e. The van der Waals surface area contributed by atoms with Gasteiger partial charge in [-0.2, -0.15) is 5.10 Å². The lowest BCUT2D eigenvalue weighted by Crippen LogP contribution is -2.43. The Morgan fingerprint density at radius 2 is 1.58 bits per heavy atom. The molecular formula is C28H33N7O. The summed E-state index contributed by atoms with van der Waals surface area (Å²) in [5, 5.41) is 4.04. The lowest BCUT2D eigenvalue weighted by molar-refractivity contribution is -0.112. The number of amides is 1. The second-order valence-corrected chi connectivity index (χ2v) is 9.63. The Labute approximate surface area is 212 Å². The van der Waals surface area contributed by atoms with Gasteiger partial charge >= 0.3 is 0 Å². The van der Waals surface area contributed by atoms with Gasteiger partial charge in [-0.3, -0.25) is 25.0 Å². The number of benzene rings is 2.